The van der Waals surface area contributed by atoms with Crippen molar-refractivity contribution in [2.24, 2.45) is 5.92 Å². The van der Waals surface area contributed by atoms with Gasteiger partial charge in [0.25, 0.3) is 0 Å². The summed E-state index contributed by atoms with van der Waals surface area (Å²) in [7, 11) is 0. The van der Waals surface area contributed by atoms with E-state index in [2.05, 4.69) is 38.6 Å². The van der Waals surface area contributed by atoms with Crippen LogP contribution >= 0.6 is 0 Å². The number of carboxylic acid groups (broad SMARTS) is 1. The molecule has 1 rings (SSSR count). The maximum atomic E-state index is 10.9. The number of nitroso groups, excluding NO2 is 1. The molecule has 15 heavy (non-hydrogen) atoms. The third-order valence-corrected chi connectivity index (χ3v) is 2.54. The summed E-state index contributed by atoms with van der Waals surface area (Å²) in [6.45, 7) is 8.24. The van der Waals surface area contributed by atoms with E-state index in [9.17, 15) is 4.79 Å². The van der Waals surface area contributed by atoms with Gasteiger partial charge in [-0.25, -0.2) is 0 Å². The summed E-state index contributed by atoms with van der Waals surface area (Å²) in [5, 5.41) is 12.4. The quantitative estimate of drug-likeness (QED) is 0.584. The fourth-order valence-corrected chi connectivity index (χ4v) is 2.50. The van der Waals surface area contributed by atoms with E-state index in [0.29, 0.717) is 12.8 Å². The molecule has 1 heterocycles. The Morgan fingerprint density at radius 1 is 1.20 bits per heavy atom. The lowest BCUT2D eigenvalue weighted by molar-refractivity contribution is -0.144. The minimum absolute atomic E-state index is 0.0647. The standard InChI is InChI=1S/C10H19NO2.HNO/c1-9(2)5-7(8(12)13)6-10(3,4)11-9;1-2/h7,11H,5-6H2,1-4H3,(H,12,13);1H. The zero-order valence-electron chi connectivity index (χ0n) is 9.76. The van der Waals surface area contributed by atoms with E-state index in [1.165, 1.54) is 0 Å². The van der Waals surface area contributed by atoms with Crippen LogP contribution in [0.5, 0.6) is 0 Å². The SMILES string of the molecule is CC1(C)CC(C(=O)O)CC(C)(C)N1.N=O. The lowest BCUT2D eigenvalue weighted by Gasteiger charge is -2.45. The molecule has 0 radical (unpaired) electrons. The maximum absolute atomic E-state index is 10.9. The van der Waals surface area contributed by atoms with Crippen molar-refractivity contribution in [2.75, 3.05) is 0 Å². The molecule has 0 aromatic carbocycles. The van der Waals surface area contributed by atoms with Gasteiger partial charge in [0.05, 0.1) is 5.92 Å². The van der Waals surface area contributed by atoms with Crippen molar-refractivity contribution < 1.29 is 9.90 Å². The van der Waals surface area contributed by atoms with Crippen LogP contribution in [0.3, 0.4) is 0 Å². The van der Waals surface area contributed by atoms with Crippen molar-refractivity contribution >= 4 is 5.97 Å². The third kappa shape index (κ3) is 4.38. The van der Waals surface area contributed by atoms with Crippen LogP contribution < -0.4 is 5.32 Å². The minimum Gasteiger partial charge on any atom is -0.481 e. The van der Waals surface area contributed by atoms with Gasteiger partial charge in [0, 0.05) is 11.1 Å². The molecule has 0 saturated carbocycles. The van der Waals surface area contributed by atoms with E-state index in [1.807, 2.05) is 0 Å². The summed E-state index contributed by atoms with van der Waals surface area (Å²) in [5.41, 5.74) is 4.37. The summed E-state index contributed by atoms with van der Waals surface area (Å²) in [6.07, 6.45) is 1.43. The molecule has 0 spiro atoms. The Hall–Kier alpha value is -0.970. The first-order chi connectivity index (χ1) is 6.72. The van der Waals surface area contributed by atoms with Crippen LogP contribution in [0.2, 0.25) is 0 Å². The van der Waals surface area contributed by atoms with Crippen molar-refractivity contribution in [1.29, 1.82) is 5.59 Å². The first-order valence-corrected chi connectivity index (χ1v) is 4.94. The third-order valence-electron chi connectivity index (χ3n) is 2.54. The highest BCUT2D eigenvalue weighted by Crippen LogP contribution is 2.32. The summed E-state index contributed by atoms with van der Waals surface area (Å²) in [5.74, 6) is -0.867. The number of carboxylic acids is 1. The number of hydrogen-bond acceptors (Lipinski definition) is 4. The van der Waals surface area contributed by atoms with Crippen LogP contribution in [0.4, 0.5) is 0 Å². The Morgan fingerprint density at radius 2 is 1.53 bits per heavy atom. The van der Waals surface area contributed by atoms with E-state index in [4.69, 9.17) is 10.0 Å². The number of carbonyl (C=O) groups is 1. The zero-order valence-corrected chi connectivity index (χ0v) is 9.76. The molecule has 3 N–H and O–H groups in total. The molecule has 5 heteroatoms. The minimum atomic E-state index is -0.664. The van der Waals surface area contributed by atoms with Gasteiger partial charge in [-0.1, -0.05) is 5.59 Å². The molecule has 5 nitrogen and oxygen atoms in total. The Balaban J connectivity index is 0.000000921. The highest BCUT2D eigenvalue weighted by Gasteiger charge is 2.40. The van der Waals surface area contributed by atoms with Gasteiger partial charge in [-0.05, 0) is 40.5 Å². The molecule has 0 aromatic rings. The van der Waals surface area contributed by atoms with Gasteiger partial charge in [-0.2, -0.15) is 4.91 Å². The van der Waals surface area contributed by atoms with Crippen molar-refractivity contribution in [2.45, 2.75) is 51.6 Å². The normalized spacial score (nSPS) is 23.7. The van der Waals surface area contributed by atoms with Gasteiger partial charge >= 0.3 is 5.97 Å². The average Bonchev–Trinajstić information content (AvgIpc) is 2.02. The fourth-order valence-electron chi connectivity index (χ4n) is 2.50. The molecule has 0 bridgehead atoms. The van der Waals surface area contributed by atoms with Crippen molar-refractivity contribution in [1.82, 2.24) is 5.32 Å². The van der Waals surface area contributed by atoms with Crippen LogP contribution in [0.1, 0.15) is 40.5 Å². The van der Waals surface area contributed by atoms with Gasteiger partial charge in [0.1, 0.15) is 0 Å². The van der Waals surface area contributed by atoms with Crippen LogP contribution in [-0.4, -0.2) is 22.2 Å². The van der Waals surface area contributed by atoms with Crippen molar-refractivity contribution in [3.8, 4) is 0 Å². The Labute approximate surface area is 90.0 Å². The van der Waals surface area contributed by atoms with Gasteiger partial charge < -0.3 is 10.4 Å². The molecule has 1 fully saturated rings. The molecular formula is C10H20N2O3. The highest BCUT2D eigenvalue weighted by atomic mass is 16.4. The Morgan fingerprint density at radius 3 is 1.80 bits per heavy atom. The van der Waals surface area contributed by atoms with E-state index < -0.39 is 5.97 Å². The molecule has 0 unspecified atom stereocenters. The molecule has 0 atom stereocenters. The van der Waals surface area contributed by atoms with Crippen molar-refractivity contribution in [3.63, 3.8) is 0 Å². The van der Waals surface area contributed by atoms with Gasteiger partial charge in [-0.15, -0.1) is 0 Å². The molecule has 1 aliphatic rings. The topological polar surface area (TPSA) is 90.2 Å². The second kappa shape index (κ2) is 4.70. The van der Waals surface area contributed by atoms with Gasteiger partial charge in [0.15, 0.2) is 0 Å². The molecule has 1 saturated heterocycles. The van der Waals surface area contributed by atoms with Crippen LogP contribution in [0.25, 0.3) is 0 Å². The fraction of sp³-hybridized carbons (Fsp3) is 0.900. The highest BCUT2D eigenvalue weighted by molar-refractivity contribution is 5.70. The monoisotopic (exact) mass is 216 g/mol. The summed E-state index contributed by atoms with van der Waals surface area (Å²) >= 11 is 0. The van der Waals surface area contributed by atoms with E-state index in [0.717, 1.165) is 0 Å². The predicted molar refractivity (Wildman–Crippen MR) is 57.7 cm³/mol. The molecule has 1 aliphatic heterocycles. The van der Waals surface area contributed by atoms with Crippen LogP contribution in [0, 0.1) is 16.4 Å². The summed E-state index contributed by atoms with van der Waals surface area (Å²) in [4.78, 5) is 18.4. The second-order valence-corrected chi connectivity index (χ2v) is 5.34. The molecule has 0 amide bonds. The molecule has 0 aliphatic carbocycles. The van der Waals surface area contributed by atoms with Crippen molar-refractivity contribution in [3.05, 3.63) is 4.91 Å². The lowest BCUT2D eigenvalue weighted by atomic mass is 9.76. The summed E-state index contributed by atoms with van der Waals surface area (Å²) < 4.78 is 0. The molecular weight excluding hydrogens is 196 g/mol. The van der Waals surface area contributed by atoms with Crippen LogP contribution in [0.15, 0.2) is 0 Å². The summed E-state index contributed by atoms with van der Waals surface area (Å²) in [6, 6.07) is 0. The first-order valence-electron chi connectivity index (χ1n) is 4.94. The maximum Gasteiger partial charge on any atom is 0.306 e. The van der Waals surface area contributed by atoms with E-state index in [1.54, 1.807) is 0 Å². The van der Waals surface area contributed by atoms with E-state index >= 15 is 0 Å². The number of rotatable bonds is 1. The Kier molecular flexibility index (Phi) is 4.40. The van der Waals surface area contributed by atoms with Crippen LogP contribution in [-0.2, 0) is 4.79 Å². The largest absolute Gasteiger partial charge is 0.481 e. The zero-order chi connectivity index (χ0) is 12.3. The second-order valence-electron chi connectivity index (χ2n) is 5.34. The van der Waals surface area contributed by atoms with Gasteiger partial charge in [-0.3, -0.25) is 4.79 Å². The first kappa shape index (κ1) is 14.0. The number of piperidine rings is 1. The number of nitrogens with one attached hydrogen (secondary N) is 2. The number of hydrogen-bond donors (Lipinski definition) is 3. The molecule has 0 aromatic heterocycles. The lowest BCUT2D eigenvalue weighted by Crippen LogP contribution is -2.58. The smallest absolute Gasteiger partial charge is 0.306 e. The van der Waals surface area contributed by atoms with Gasteiger partial charge in [0.2, 0.25) is 0 Å². The molecule has 88 valence electrons. The van der Waals surface area contributed by atoms with E-state index in [-0.39, 0.29) is 17.0 Å². The number of aliphatic carboxylic acids is 1. The predicted octanol–water partition coefficient (Wildman–Crippen LogP) is 1.96. The average molecular weight is 216 g/mol. The Bertz CT molecular complexity index is 223.